The smallest absolute Gasteiger partial charge is 0.246 e. The highest BCUT2D eigenvalue weighted by Gasteiger charge is 2.29. The number of sulfonamides is 1. The lowest BCUT2D eigenvalue weighted by Gasteiger charge is -2.11. The molecule has 21 heavy (non-hydrogen) atoms. The van der Waals surface area contributed by atoms with Crippen LogP contribution < -0.4 is 10.0 Å². The van der Waals surface area contributed by atoms with Gasteiger partial charge in [-0.05, 0) is 31.8 Å². The number of halogens is 4. The molecule has 1 aromatic rings. The molecule has 1 fully saturated rings. The Hall–Kier alpha value is -1.19. The van der Waals surface area contributed by atoms with Crippen LogP contribution in [0, 0.1) is 29.2 Å². The van der Waals surface area contributed by atoms with E-state index in [1.54, 1.807) is 0 Å². The van der Waals surface area contributed by atoms with Crippen molar-refractivity contribution >= 4 is 10.0 Å². The minimum Gasteiger partial charge on any atom is -0.316 e. The van der Waals surface area contributed by atoms with Crippen LogP contribution in [0.15, 0.2) is 11.0 Å². The van der Waals surface area contributed by atoms with Gasteiger partial charge >= 0.3 is 0 Å². The second-order valence-corrected chi connectivity index (χ2v) is 6.55. The molecule has 0 aliphatic carbocycles. The van der Waals surface area contributed by atoms with E-state index in [0.717, 1.165) is 19.5 Å². The average Bonchev–Trinajstić information content (AvgIpc) is 2.89. The number of benzene rings is 1. The van der Waals surface area contributed by atoms with Crippen molar-refractivity contribution in [1.82, 2.24) is 10.0 Å². The van der Waals surface area contributed by atoms with Gasteiger partial charge in [-0.25, -0.2) is 30.7 Å². The molecule has 1 unspecified atom stereocenters. The Morgan fingerprint density at radius 3 is 2.33 bits per heavy atom. The molecule has 1 aromatic carbocycles. The SMILES string of the molecule is O=S(=O)(NCCC1CCNC1)c1c(F)c(F)cc(F)c1F. The molecule has 2 rings (SSSR count). The van der Waals surface area contributed by atoms with E-state index in [1.807, 2.05) is 4.72 Å². The predicted molar refractivity (Wildman–Crippen MR) is 67.1 cm³/mol. The molecule has 1 saturated heterocycles. The van der Waals surface area contributed by atoms with Gasteiger partial charge in [-0.15, -0.1) is 0 Å². The molecule has 0 aromatic heterocycles. The summed E-state index contributed by atoms with van der Waals surface area (Å²) in [5.41, 5.74) is 0. The van der Waals surface area contributed by atoms with Gasteiger partial charge in [0.05, 0.1) is 0 Å². The molecule has 1 atom stereocenters. The van der Waals surface area contributed by atoms with E-state index in [1.165, 1.54) is 0 Å². The number of nitrogens with one attached hydrogen (secondary N) is 2. The molecule has 2 N–H and O–H groups in total. The number of hydrogen-bond donors (Lipinski definition) is 2. The van der Waals surface area contributed by atoms with Crippen molar-refractivity contribution in [2.24, 2.45) is 5.92 Å². The monoisotopic (exact) mass is 326 g/mol. The zero-order valence-electron chi connectivity index (χ0n) is 10.9. The third kappa shape index (κ3) is 3.53. The summed E-state index contributed by atoms with van der Waals surface area (Å²) in [5.74, 6) is -7.11. The van der Waals surface area contributed by atoms with E-state index in [9.17, 15) is 26.0 Å². The molecular weight excluding hydrogens is 312 g/mol. The number of hydrogen-bond acceptors (Lipinski definition) is 3. The average molecular weight is 326 g/mol. The van der Waals surface area contributed by atoms with Crippen LogP contribution in [0.2, 0.25) is 0 Å². The van der Waals surface area contributed by atoms with Gasteiger partial charge in [0.2, 0.25) is 10.0 Å². The second kappa shape index (κ2) is 6.29. The Balaban J connectivity index is 2.15. The largest absolute Gasteiger partial charge is 0.316 e. The molecular formula is C12H14F4N2O2S. The maximum absolute atomic E-state index is 13.5. The highest BCUT2D eigenvalue weighted by molar-refractivity contribution is 7.89. The minimum atomic E-state index is -4.66. The van der Waals surface area contributed by atoms with Crippen LogP contribution in [0.3, 0.4) is 0 Å². The Morgan fingerprint density at radius 1 is 1.19 bits per heavy atom. The van der Waals surface area contributed by atoms with Gasteiger partial charge in [0, 0.05) is 12.6 Å². The fraction of sp³-hybridized carbons (Fsp3) is 0.500. The van der Waals surface area contributed by atoms with E-state index in [2.05, 4.69) is 5.32 Å². The van der Waals surface area contributed by atoms with Crippen LogP contribution >= 0.6 is 0 Å². The molecule has 1 heterocycles. The van der Waals surface area contributed by atoms with Crippen molar-refractivity contribution in [3.63, 3.8) is 0 Å². The first-order valence-corrected chi connectivity index (χ1v) is 7.84. The van der Waals surface area contributed by atoms with Gasteiger partial charge in [0.1, 0.15) is 0 Å². The van der Waals surface area contributed by atoms with Crippen LogP contribution in [-0.2, 0) is 10.0 Å². The lowest BCUT2D eigenvalue weighted by molar-refractivity contribution is 0.417. The quantitative estimate of drug-likeness (QED) is 0.637. The van der Waals surface area contributed by atoms with Gasteiger partial charge in [-0.3, -0.25) is 0 Å². The van der Waals surface area contributed by atoms with E-state index >= 15 is 0 Å². The number of rotatable bonds is 5. The predicted octanol–water partition coefficient (Wildman–Crippen LogP) is 1.52. The molecule has 0 bridgehead atoms. The first kappa shape index (κ1) is 16.2. The Morgan fingerprint density at radius 2 is 1.81 bits per heavy atom. The Kier molecular flexibility index (Phi) is 4.84. The Bertz CT molecular complexity index is 604. The van der Waals surface area contributed by atoms with Gasteiger partial charge in [0.25, 0.3) is 0 Å². The van der Waals surface area contributed by atoms with Gasteiger partial charge in [-0.1, -0.05) is 0 Å². The van der Waals surface area contributed by atoms with Gasteiger partial charge in [0.15, 0.2) is 28.2 Å². The first-order chi connectivity index (χ1) is 9.83. The summed E-state index contributed by atoms with van der Waals surface area (Å²) in [6.45, 7) is 1.50. The zero-order valence-corrected chi connectivity index (χ0v) is 11.7. The summed E-state index contributed by atoms with van der Waals surface area (Å²) < 4.78 is 78.6. The molecule has 1 aliphatic rings. The lowest BCUT2D eigenvalue weighted by atomic mass is 10.1. The van der Waals surface area contributed by atoms with Crippen molar-refractivity contribution in [3.8, 4) is 0 Å². The fourth-order valence-corrected chi connectivity index (χ4v) is 3.42. The van der Waals surface area contributed by atoms with Gasteiger partial charge < -0.3 is 5.32 Å². The summed E-state index contributed by atoms with van der Waals surface area (Å²) in [6, 6.07) is -0.0338. The van der Waals surface area contributed by atoms with E-state index in [4.69, 9.17) is 0 Å². The van der Waals surface area contributed by atoms with E-state index < -0.39 is 38.2 Å². The van der Waals surface area contributed by atoms with Crippen molar-refractivity contribution < 1.29 is 26.0 Å². The summed E-state index contributed by atoms with van der Waals surface area (Å²) in [7, 11) is -4.66. The second-order valence-electron chi connectivity index (χ2n) is 4.84. The third-order valence-electron chi connectivity index (χ3n) is 3.35. The standard InChI is InChI=1S/C12H14F4N2O2S/c13-8-5-9(14)11(16)12(10(8)15)21(19,20)18-4-2-7-1-3-17-6-7/h5,7,17-18H,1-4,6H2. The third-order valence-corrected chi connectivity index (χ3v) is 4.83. The summed E-state index contributed by atoms with van der Waals surface area (Å²) in [4.78, 5) is -1.62. The molecule has 9 heteroatoms. The Labute approximate surface area is 119 Å². The van der Waals surface area contributed by atoms with Crippen LogP contribution in [-0.4, -0.2) is 28.1 Å². The van der Waals surface area contributed by atoms with Crippen molar-refractivity contribution in [3.05, 3.63) is 29.3 Å². The zero-order chi connectivity index (χ0) is 15.6. The maximum atomic E-state index is 13.5. The summed E-state index contributed by atoms with van der Waals surface area (Å²) >= 11 is 0. The van der Waals surface area contributed by atoms with Gasteiger partial charge in [-0.2, -0.15) is 0 Å². The lowest BCUT2D eigenvalue weighted by Crippen LogP contribution is -2.29. The van der Waals surface area contributed by atoms with Crippen LogP contribution in [0.25, 0.3) is 0 Å². The van der Waals surface area contributed by atoms with Crippen LogP contribution in [0.1, 0.15) is 12.8 Å². The van der Waals surface area contributed by atoms with E-state index in [0.29, 0.717) is 6.42 Å². The molecule has 0 saturated carbocycles. The van der Waals surface area contributed by atoms with Crippen molar-refractivity contribution in [1.29, 1.82) is 0 Å². The van der Waals surface area contributed by atoms with Crippen molar-refractivity contribution in [2.45, 2.75) is 17.7 Å². The highest BCUT2D eigenvalue weighted by Crippen LogP contribution is 2.23. The molecule has 0 spiro atoms. The van der Waals surface area contributed by atoms with E-state index in [-0.39, 0.29) is 18.5 Å². The summed E-state index contributed by atoms with van der Waals surface area (Å²) in [6.07, 6.45) is 1.34. The van der Waals surface area contributed by atoms with Crippen molar-refractivity contribution in [2.75, 3.05) is 19.6 Å². The molecule has 0 radical (unpaired) electrons. The molecule has 0 amide bonds. The highest BCUT2D eigenvalue weighted by atomic mass is 32.2. The maximum Gasteiger partial charge on any atom is 0.246 e. The fourth-order valence-electron chi connectivity index (χ4n) is 2.22. The van der Waals surface area contributed by atoms with Crippen LogP contribution in [0.4, 0.5) is 17.6 Å². The molecule has 118 valence electrons. The molecule has 1 aliphatic heterocycles. The van der Waals surface area contributed by atoms with Crippen LogP contribution in [0.5, 0.6) is 0 Å². The molecule has 4 nitrogen and oxygen atoms in total. The normalized spacial score (nSPS) is 19.1. The summed E-state index contributed by atoms with van der Waals surface area (Å²) in [5, 5.41) is 3.09. The minimum absolute atomic E-state index is 0.0338. The topological polar surface area (TPSA) is 58.2 Å². The first-order valence-electron chi connectivity index (χ1n) is 6.36.